The van der Waals surface area contributed by atoms with Gasteiger partial charge in [-0.25, -0.2) is 0 Å². The maximum atomic E-state index is 12.1. The molecule has 0 aromatic heterocycles. The van der Waals surface area contributed by atoms with Gasteiger partial charge in [0.25, 0.3) is 5.91 Å². The molecular weight excluding hydrogens is 421 g/mol. The predicted octanol–water partition coefficient (Wildman–Crippen LogP) is 3.39. The number of aryl methyl sites for hydroxylation is 1. The quantitative estimate of drug-likeness (QED) is 0.326. The standard InChI is InChI=1S/C18H16INO4/c1-11-8-13(19)6-7-15(11)20-18(23)17(22)10-16(21)12-4-3-5-14(9-12)24-2/h3-9H,10H2,1-2H3,(H,20,23). The van der Waals surface area contributed by atoms with Gasteiger partial charge in [0.2, 0.25) is 5.78 Å². The summed E-state index contributed by atoms with van der Waals surface area (Å²) in [7, 11) is 1.49. The van der Waals surface area contributed by atoms with Crippen molar-refractivity contribution in [3.8, 4) is 5.75 Å². The third-order valence-electron chi connectivity index (χ3n) is 3.40. The second kappa shape index (κ2) is 8.05. The average molecular weight is 437 g/mol. The zero-order valence-electron chi connectivity index (χ0n) is 13.3. The van der Waals surface area contributed by atoms with Crippen molar-refractivity contribution in [1.29, 1.82) is 0 Å². The van der Waals surface area contributed by atoms with E-state index < -0.39 is 23.9 Å². The van der Waals surface area contributed by atoms with E-state index in [1.807, 2.05) is 19.1 Å². The van der Waals surface area contributed by atoms with Crippen LogP contribution in [0.1, 0.15) is 22.3 Å². The van der Waals surface area contributed by atoms with Crippen LogP contribution in [0.15, 0.2) is 42.5 Å². The molecule has 5 nitrogen and oxygen atoms in total. The molecule has 2 rings (SSSR count). The summed E-state index contributed by atoms with van der Waals surface area (Å²) in [6.07, 6.45) is -0.484. The number of methoxy groups -OCH3 is 1. The summed E-state index contributed by atoms with van der Waals surface area (Å²) in [5.41, 5.74) is 1.74. The number of benzene rings is 2. The summed E-state index contributed by atoms with van der Waals surface area (Å²) in [4.78, 5) is 36.1. The molecule has 6 heteroatoms. The monoisotopic (exact) mass is 437 g/mol. The van der Waals surface area contributed by atoms with Crippen molar-refractivity contribution in [2.75, 3.05) is 12.4 Å². The van der Waals surface area contributed by atoms with Crippen LogP contribution in [0.5, 0.6) is 5.75 Å². The number of nitrogens with one attached hydrogen (secondary N) is 1. The molecule has 2 aromatic carbocycles. The Morgan fingerprint density at radius 2 is 1.88 bits per heavy atom. The molecule has 0 bridgehead atoms. The first-order valence-electron chi connectivity index (χ1n) is 7.18. The molecule has 0 spiro atoms. The normalized spacial score (nSPS) is 10.1. The van der Waals surface area contributed by atoms with Crippen LogP contribution in [0, 0.1) is 10.5 Å². The van der Waals surface area contributed by atoms with E-state index in [0.717, 1.165) is 9.13 Å². The lowest BCUT2D eigenvalue weighted by Gasteiger charge is -2.08. The van der Waals surface area contributed by atoms with Gasteiger partial charge in [0.05, 0.1) is 13.5 Å². The van der Waals surface area contributed by atoms with Crippen molar-refractivity contribution in [3.05, 3.63) is 57.2 Å². The Morgan fingerprint density at radius 3 is 2.54 bits per heavy atom. The lowest BCUT2D eigenvalue weighted by Crippen LogP contribution is -2.25. The van der Waals surface area contributed by atoms with E-state index in [2.05, 4.69) is 27.9 Å². The van der Waals surface area contributed by atoms with Crippen LogP contribution in [0.2, 0.25) is 0 Å². The Bertz CT molecular complexity index is 801. The number of ether oxygens (including phenoxy) is 1. The number of anilines is 1. The van der Waals surface area contributed by atoms with Crippen LogP contribution in [0.25, 0.3) is 0 Å². The van der Waals surface area contributed by atoms with E-state index >= 15 is 0 Å². The zero-order valence-corrected chi connectivity index (χ0v) is 15.4. The molecule has 0 radical (unpaired) electrons. The maximum Gasteiger partial charge on any atom is 0.292 e. The lowest BCUT2D eigenvalue weighted by atomic mass is 10.1. The Kier molecular flexibility index (Phi) is 6.08. The van der Waals surface area contributed by atoms with Crippen molar-refractivity contribution >= 4 is 45.8 Å². The number of hydrogen-bond donors (Lipinski definition) is 1. The number of Topliss-reactive ketones (excluding diaryl/α,β-unsaturated/α-hetero) is 2. The van der Waals surface area contributed by atoms with Crippen LogP contribution >= 0.6 is 22.6 Å². The Balaban J connectivity index is 2.03. The molecule has 0 unspecified atom stereocenters. The van der Waals surface area contributed by atoms with Crippen molar-refractivity contribution in [1.82, 2.24) is 0 Å². The summed E-state index contributed by atoms with van der Waals surface area (Å²) in [6, 6.07) is 11.9. The molecule has 24 heavy (non-hydrogen) atoms. The predicted molar refractivity (Wildman–Crippen MR) is 99.5 cm³/mol. The third kappa shape index (κ3) is 4.64. The van der Waals surface area contributed by atoms with Crippen LogP contribution < -0.4 is 10.1 Å². The van der Waals surface area contributed by atoms with E-state index in [9.17, 15) is 14.4 Å². The fourth-order valence-electron chi connectivity index (χ4n) is 2.08. The number of hydrogen-bond acceptors (Lipinski definition) is 4. The summed E-state index contributed by atoms with van der Waals surface area (Å²) in [5, 5.41) is 2.55. The fraction of sp³-hybridized carbons (Fsp3) is 0.167. The SMILES string of the molecule is COc1cccc(C(=O)CC(=O)C(=O)Nc2ccc(I)cc2C)c1. The van der Waals surface area contributed by atoms with Gasteiger partial charge < -0.3 is 10.1 Å². The average Bonchev–Trinajstić information content (AvgIpc) is 2.57. The zero-order chi connectivity index (χ0) is 17.7. The molecule has 0 fully saturated rings. The highest BCUT2D eigenvalue weighted by Crippen LogP contribution is 2.18. The summed E-state index contributed by atoms with van der Waals surface area (Å²) in [5.74, 6) is -1.48. The summed E-state index contributed by atoms with van der Waals surface area (Å²) < 4.78 is 6.07. The van der Waals surface area contributed by atoms with Gasteiger partial charge in [0.1, 0.15) is 5.75 Å². The number of rotatable bonds is 6. The van der Waals surface area contributed by atoms with Gasteiger partial charge in [-0.15, -0.1) is 0 Å². The van der Waals surface area contributed by atoms with Gasteiger partial charge in [-0.2, -0.15) is 0 Å². The molecular formula is C18H16INO4. The minimum Gasteiger partial charge on any atom is -0.497 e. The van der Waals surface area contributed by atoms with E-state index in [1.54, 1.807) is 24.3 Å². The Labute approximate surface area is 153 Å². The summed E-state index contributed by atoms with van der Waals surface area (Å²) in [6.45, 7) is 1.84. The van der Waals surface area contributed by atoms with Gasteiger partial charge in [0.15, 0.2) is 5.78 Å². The number of carbonyl (C=O) groups is 3. The highest BCUT2D eigenvalue weighted by Gasteiger charge is 2.20. The molecule has 0 saturated carbocycles. The minimum atomic E-state index is -0.796. The molecule has 0 atom stereocenters. The van der Waals surface area contributed by atoms with Gasteiger partial charge in [-0.05, 0) is 65.4 Å². The van der Waals surface area contributed by atoms with Gasteiger partial charge >= 0.3 is 0 Å². The first kappa shape index (κ1) is 18.1. The number of carbonyl (C=O) groups excluding carboxylic acids is 3. The highest BCUT2D eigenvalue weighted by molar-refractivity contribution is 14.1. The Morgan fingerprint density at radius 1 is 1.12 bits per heavy atom. The molecule has 0 saturated heterocycles. The molecule has 1 N–H and O–H groups in total. The second-order valence-electron chi connectivity index (χ2n) is 5.17. The Hall–Kier alpha value is -2.22. The number of amides is 1. The molecule has 0 aliphatic carbocycles. The van der Waals surface area contributed by atoms with Crippen molar-refractivity contribution in [3.63, 3.8) is 0 Å². The molecule has 124 valence electrons. The lowest BCUT2D eigenvalue weighted by molar-refractivity contribution is -0.134. The topological polar surface area (TPSA) is 72.5 Å². The van der Waals surface area contributed by atoms with Crippen molar-refractivity contribution in [2.45, 2.75) is 13.3 Å². The van der Waals surface area contributed by atoms with Crippen LogP contribution in [0.3, 0.4) is 0 Å². The molecule has 0 heterocycles. The van der Waals surface area contributed by atoms with Crippen molar-refractivity contribution < 1.29 is 19.1 Å². The summed E-state index contributed by atoms with van der Waals surface area (Å²) >= 11 is 2.16. The second-order valence-corrected chi connectivity index (χ2v) is 6.41. The van der Waals surface area contributed by atoms with E-state index in [1.165, 1.54) is 13.2 Å². The molecule has 1 amide bonds. The largest absolute Gasteiger partial charge is 0.497 e. The van der Waals surface area contributed by atoms with Gasteiger partial charge in [-0.1, -0.05) is 12.1 Å². The van der Waals surface area contributed by atoms with E-state index in [0.29, 0.717) is 17.0 Å². The van der Waals surface area contributed by atoms with Gasteiger partial charge in [-0.3, -0.25) is 14.4 Å². The van der Waals surface area contributed by atoms with Crippen LogP contribution in [-0.4, -0.2) is 24.6 Å². The van der Waals surface area contributed by atoms with Crippen LogP contribution in [0.4, 0.5) is 5.69 Å². The number of ketones is 2. The van der Waals surface area contributed by atoms with E-state index in [-0.39, 0.29) is 0 Å². The molecule has 0 aliphatic heterocycles. The molecule has 2 aromatic rings. The first-order valence-corrected chi connectivity index (χ1v) is 8.26. The number of halogens is 1. The highest BCUT2D eigenvalue weighted by atomic mass is 127. The smallest absolute Gasteiger partial charge is 0.292 e. The minimum absolute atomic E-state index is 0.334. The van der Waals surface area contributed by atoms with Crippen LogP contribution in [-0.2, 0) is 9.59 Å². The third-order valence-corrected chi connectivity index (χ3v) is 4.07. The first-order chi connectivity index (χ1) is 11.4. The van der Waals surface area contributed by atoms with E-state index in [4.69, 9.17) is 4.74 Å². The van der Waals surface area contributed by atoms with Gasteiger partial charge in [0, 0.05) is 14.8 Å². The maximum absolute atomic E-state index is 12.1. The molecule has 0 aliphatic rings. The fourth-order valence-corrected chi connectivity index (χ4v) is 2.73. The van der Waals surface area contributed by atoms with Crippen molar-refractivity contribution in [2.24, 2.45) is 0 Å².